The van der Waals surface area contributed by atoms with Crippen LogP contribution in [0.25, 0.3) is 11.3 Å². The number of ether oxygens (including phenoxy) is 1. The van der Waals surface area contributed by atoms with Crippen molar-refractivity contribution < 1.29 is 36.6 Å². The van der Waals surface area contributed by atoms with Gasteiger partial charge in [0.2, 0.25) is 0 Å². The molecule has 0 amide bonds. The Labute approximate surface area is 190 Å². The van der Waals surface area contributed by atoms with Crippen molar-refractivity contribution in [1.82, 2.24) is 4.37 Å². The highest BCUT2D eigenvalue weighted by atomic mass is 32.1. The van der Waals surface area contributed by atoms with Gasteiger partial charge in [-0.15, -0.1) is 0 Å². The number of benzene rings is 2. The first kappa shape index (κ1) is 24.6. The summed E-state index contributed by atoms with van der Waals surface area (Å²) < 4.78 is 78.7. The third kappa shape index (κ3) is 5.68. The molecule has 0 aliphatic rings. The van der Waals surface area contributed by atoms with Crippen LogP contribution in [0.4, 0.5) is 22.0 Å². The van der Waals surface area contributed by atoms with Gasteiger partial charge in [0, 0.05) is 11.1 Å². The maximum absolute atomic E-state index is 14.5. The Kier molecular flexibility index (Phi) is 7.36. The molecular weight excluding hydrogens is 465 g/mol. The standard InChI is InChI=1S/C23H20F5NO3S/c1-3-13-4-6-15(7-5-13)19-16(21(33-29-19)23(26,27)28)11-32-20-17(24)9-14(10-18(20)25)8-12(2)22(30)31/h4-7,9-10,12H,3,8,11H2,1-2H3,(H,30,31). The Morgan fingerprint density at radius 1 is 1.12 bits per heavy atom. The maximum Gasteiger partial charge on any atom is 0.427 e. The van der Waals surface area contributed by atoms with Gasteiger partial charge in [0.15, 0.2) is 17.4 Å². The molecule has 0 saturated heterocycles. The van der Waals surface area contributed by atoms with Gasteiger partial charge in [-0.3, -0.25) is 4.79 Å². The largest absolute Gasteiger partial charge is 0.483 e. The molecule has 176 valence electrons. The number of rotatable bonds is 8. The molecule has 0 radical (unpaired) electrons. The molecule has 0 aliphatic carbocycles. The number of aromatic nitrogens is 1. The molecular formula is C23H20F5NO3S. The molecule has 0 saturated carbocycles. The van der Waals surface area contributed by atoms with Crippen LogP contribution in [0.1, 0.15) is 35.4 Å². The van der Waals surface area contributed by atoms with Gasteiger partial charge in [0.1, 0.15) is 11.5 Å². The van der Waals surface area contributed by atoms with Gasteiger partial charge in [-0.25, -0.2) is 8.78 Å². The van der Waals surface area contributed by atoms with Crippen LogP contribution in [0.5, 0.6) is 5.75 Å². The normalized spacial score (nSPS) is 12.6. The van der Waals surface area contributed by atoms with Gasteiger partial charge >= 0.3 is 12.1 Å². The number of carbonyl (C=O) groups is 1. The molecule has 0 spiro atoms. The van der Waals surface area contributed by atoms with Crippen LogP contribution < -0.4 is 4.74 Å². The van der Waals surface area contributed by atoms with E-state index in [1.807, 2.05) is 6.92 Å². The highest BCUT2D eigenvalue weighted by Crippen LogP contribution is 2.40. The van der Waals surface area contributed by atoms with Gasteiger partial charge in [0.25, 0.3) is 0 Å². The second kappa shape index (κ2) is 9.86. The number of halogens is 5. The maximum atomic E-state index is 14.5. The summed E-state index contributed by atoms with van der Waals surface area (Å²) in [6.45, 7) is 2.57. The summed E-state index contributed by atoms with van der Waals surface area (Å²) in [6.07, 6.45) is -4.08. The number of aliphatic carboxylic acids is 1. The smallest absolute Gasteiger partial charge is 0.427 e. The number of hydrogen-bond acceptors (Lipinski definition) is 4. The van der Waals surface area contributed by atoms with Gasteiger partial charge < -0.3 is 9.84 Å². The van der Waals surface area contributed by atoms with Gasteiger partial charge in [-0.2, -0.15) is 17.5 Å². The average molecular weight is 485 g/mol. The highest BCUT2D eigenvalue weighted by Gasteiger charge is 2.38. The lowest BCUT2D eigenvalue weighted by atomic mass is 10.0. The van der Waals surface area contributed by atoms with Crippen molar-refractivity contribution in [3.63, 3.8) is 0 Å². The zero-order valence-corrected chi connectivity index (χ0v) is 18.5. The topological polar surface area (TPSA) is 59.4 Å². The van der Waals surface area contributed by atoms with E-state index in [0.717, 1.165) is 24.1 Å². The van der Waals surface area contributed by atoms with Crippen LogP contribution in [-0.2, 0) is 30.4 Å². The fourth-order valence-electron chi connectivity index (χ4n) is 3.24. The quantitative estimate of drug-likeness (QED) is 0.370. The average Bonchev–Trinajstić information content (AvgIpc) is 3.17. The van der Waals surface area contributed by atoms with E-state index in [-0.39, 0.29) is 34.8 Å². The molecule has 4 nitrogen and oxygen atoms in total. The van der Waals surface area contributed by atoms with Crippen molar-refractivity contribution in [2.45, 2.75) is 39.5 Å². The fraction of sp³-hybridized carbons (Fsp3) is 0.304. The fourth-order valence-corrected chi connectivity index (χ4v) is 4.01. The Morgan fingerprint density at radius 2 is 1.73 bits per heavy atom. The van der Waals surface area contributed by atoms with Crippen molar-refractivity contribution in [1.29, 1.82) is 0 Å². The summed E-state index contributed by atoms with van der Waals surface area (Å²) in [7, 11) is 0. The lowest BCUT2D eigenvalue weighted by Gasteiger charge is -2.13. The van der Waals surface area contributed by atoms with Gasteiger partial charge in [-0.1, -0.05) is 38.1 Å². The summed E-state index contributed by atoms with van der Waals surface area (Å²) in [5.41, 5.74) is 1.22. The van der Waals surface area contributed by atoms with E-state index in [9.17, 15) is 26.7 Å². The van der Waals surface area contributed by atoms with E-state index in [0.29, 0.717) is 5.56 Å². The Balaban J connectivity index is 1.91. The molecule has 33 heavy (non-hydrogen) atoms. The summed E-state index contributed by atoms with van der Waals surface area (Å²) in [5.74, 6) is -5.10. The first-order chi connectivity index (χ1) is 15.5. The molecule has 0 bridgehead atoms. The number of aryl methyl sites for hydroxylation is 1. The van der Waals surface area contributed by atoms with Gasteiger partial charge in [0.05, 0.1) is 11.6 Å². The molecule has 2 aromatic carbocycles. The summed E-state index contributed by atoms with van der Waals surface area (Å²) in [6, 6.07) is 8.64. The molecule has 0 fully saturated rings. The van der Waals surface area contributed by atoms with Crippen LogP contribution in [0.3, 0.4) is 0 Å². The Bertz CT molecular complexity index is 1120. The Hall–Kier alpha value is -3.01. The van der Waals surface area contributed by atoms with E-state index >= 15 is 0 Å². The van der Waals surface area contributed by atoms with Crippen molar-refractivity contribution in [2.75, 3.05) is 0 Å². The number of hydrogen-bond donors (Lipinski definition) is 1. The van der Waals surface area contributed by atoms with E-state index in [1.165, 1.54) is 6.92 Å². The minimum absolute atomic E-state index is 0.0303. The van der Waals surface area contributed by atoms with E-state index in [4.69, 9.17) is 9.84 Å². The highest BCUT2D eigenvalue weighted by molar-refractivity contribution is 7.06. The summed E-state index contributed by atoms with van der Waals surface area (Å²) in [5, 5.41) is 8.96. The molecule has 10 heteroatoms. The molecule has 1 N–H and O–H groups in total. The first-order valence-electron chi connectivity index (χ1n) is 9.99. The van der Waals surface area contributed by atoms with Gasteiger partial charge in [-0.05, 0) is 47.6 Å². The van der Waals surface area contributed by atoms with Crippen LogP contribution >= 0.6 is 11.5 Å². The number of carboxylic acid groups (broad SMARTS) is 1. The molecule has 3 rings (SSSR count). The van der Waals surface area contributed by atoms with E-state index in [1.54, 1.807) is 24.3 Å². The molecule has 3 aromatic rings. The first-order valence-corrected chi connectivity index (χ1v) is 10.8. The van der Waals surface area contributed by atoms with E-state index < -0.39 is 46.9 Å². The number of carboxylic acids is 1. The SMILES string of the molecule is CCc1ccc(-c2nsc(C(F)(F)F)c2COc2c(F)cc(CC(C)C(=O)O)cc2F)cc1. The zero-order chi connectivity index (χ0) is 24.3. The van der Waals surface area contributed by atoms with Crippen LogP contribution in [-0.4, -0.2) is 15.4 Å². The molecule has 1 heterocycles. The summed E-state index contributed by atoms with van der Waals surface area (Å²) in [4.78, 5) is 9.95. The molecule has 1 aromatic heterocycles. The minimum Gasteiger partial charge on any atom is -0.483 e. The predicted molar refractivity (Wildman–Crippen MR) is 113 cm³/mol. The van der Waals surface area contributed by atoms with Crippen molar-refractivity contribution in [3.8, 4) is 17.0 Å². The Morgan fingerprint density at radius 3 is 2.24 bits per heavy atom. The lowest BCUT2D eigenvalue weighted by Crippen LogP contribution is -2.13. The second-order valence-corrected chi connectivity index (χ2v) is 8.28. The van der Waals surface area contributed by atoms with Crippen molar-refractivity contribution in [3.05, 3.63) is 69.6 Å². The van der Waals surface area contributed by atoms with Crippen molar-refractivity contribution >= 4 is 17.5 Å². The number of nitrogens with zero attached hydrogens (tertiary/aromatic N) is 1. The number of alkyl halides is 3. The molecule has 1 unspecified atom stereocenters. The lowest BCUT2D eigenvalue weighted by molar-refractivity contribution is -0.141. The minimum atomic E-state index is -4.72. The van der Waals surface area contributed by atoms with Crippen molar-refractivity contribution in [2.24, 2.45) is 5.92 Å². The van der Waals surface area contributed by atoms with Crippen LogP contribution in [0.15, 0.2) is 36.4 Å². The zero-order valence-electron chi connectivity index (χ0n) is 17.7. The third-order valence-electron chi connectivity index (χ3n) is 5.06. The third-order valence-corrected chi connectivity index (χ3v) is 6.00. The molecule has 1 atom stereocenters. The molecule has 0 aliphatic heterocycles. The van der Waals surface area contributed by atoms with Crippen LogP contribution in [0, 0.1) is 17.6 Å². The monoisotopic (exact) mass is 485 g/mol. The summed E-state index contributed by atoms with van der Waals surface area (Å²) >= 11 is 0.245. The predicted octanol–water partition coefficient (Wildman–Crippen LogP) is 6.51. The van der Waals surface area contributed by atoms with Crippen LogP contribution in [0.2, 0.25) is 0 Å². The van der Waals surface area contributed by atoms with E-state index in [2.05, 4.69) is 4.37 Å². The second-order valence-electron chi connectivity index (χ2n) is 7.51.